The summed E-state index contributed by atoms with van der Waals surface area (Å²) in [4.78, 5) is 20.1. The molecule has 1 N–H and O–H groups in total. The first-order valence-corrected chi connectivity index (χ1v) is 11.5. The lowest BCUT2D eigenvalue weighted by Gasteiger charge is -2.27. The maximum absolute atomic E-state index is 12.6. The number of nitrogens with one attached hydrogen (secondary N) is 1. The number of carbonyl (C=O) groups is 1. The van der Waals surface area contributed by atoms with Gasteiger partial charge in [-0.2, -0.15) is 0 Å². The van der Waals surface area contributed by atoms with Gasteiger partial charge >= 0.3 is 0 Å². The number of unbranched alkanes of at least 4 members (excludes halogenated alkanes) is 1. The molecule has 28 heavy (non-hydrogen) atoms. The maximum Gasteiger partial charge on any atom is 0.226 e. The summed E-state index contributed by atoms with van der Waals surface area (Å²) in [6.45, 7) is 5.29. The third-order valence-electron chi connectivity index (χ3n) is 5.47. The van der Waals surface area contributed by atoms with E-state index in [2.05, 4.69) is 24.1 Å². The first-order chi connectivity index (χ1) is 13.2. The molecule has 1 amide bonds. The zero-order chi connectivity index (χ0) is 19.1. The predicted molar refractivity (Wildman–Crippen MR) is 124 cm³/mol. The van der Waals surface area contributed by atoms with Crippen molar-refractivity contribution in [2.45, 2.75) is 77.3 Å². The topological polar surface area (TPSA) is 44.7 Å². The molecular formula is C22H34ClN3OS. The number of aryl methyl sites for hydroxylation is 1. The second-order valence-corrected chi connectivity index (χ2v) is 8.82. The number of amidine groups is 1. The molecule has 1 aliphatic carbocycles. The van der Waals surface area contributed by atoms with Crippen LogP contribution in [0.2, 0.25) is 0 Å². The number of rotatable bonds is 7. The number of amides is 1. The van der Waals surface area contributed by atoms with E-state index >= 15 is 0 Å². The summed E-state index contributed by atoms with van der Waals surface area (Å²) in [7, 11) is 0. The third-order valence-corrected chi connectivity index (χ3v) is 6.62. The van der Waals surface area contributed by atoms with Crippen LogP contribution in [0.25, 0.3) is 0 Å². The summed E-state index contributed by atoms with van der Waals surface area (Å²) in [5, 5.41) is 4.24. The lowest BCUT2D eigenvalue weighted by molar-refractivity contribution is -0.116. The van der Waals surface area contributed by atoms with E-state index in [1.165, 1.54) is 49.3 Å². The van der Waals surface area contributed by atoms with Crippen molar-refractivity contribution in [3.05, 3.63) is 29.8 Å². The Labute approximate surface area is 180 Å². The number of benzene rings is 1. The minimum absolute atomic E-state index is 0. The average Bonchev–Trinajstić information content (AvgIpc) is 3.03. The van der Waals surface area contributed by atoms with Gasteiger partial charge in [-0.15, -0.1) is 12.4 Å². The van der Waals surface area contributed by atoms with E-state index in [1.807, 2.05) is 36.0 Å². The summed E-state index contributed by atoms with van der Waals surface area (Å²) in [6.07, 6.45) is 9.28. The van der Waals surface area contributed by atoms with Gasteiger partial charge in [0.15, 0.2) is 5.17 Å². The van der Waals surface area contributed by atoms with Gasteiger partial charge in [0, 0.05) is 30.4 Å². The Balaban J connectivity index is 0.00000280. The molecule has 1 heterocycles. The van der Waals surface area contributed by atoms with Crippen molar-refractivity contribution in [3.63, 3.8) is 0 Å². The van der Waals surface area contributed by atoms with Gasteiger partial charge in [-0.05, 0) is 38.3 Å². The van der Waals surface area contributed by atoms with E-state index in [0.29, 0.717) is 12.5 Å². The van der Waals surface area contributed by atoms with Gasteiger partial charge in [-0.25, -0.2) is 0 Å². The van der Waals surface area contributed by atoms with Gasteiger partial charge in [0.05, 0.1) is 6.04 Å². The summed E-state index contributed by atoms with van der Waals surface area (Å²) in [5.41, 5.74) is 2.09. The zero-order valence-electron chi connectivity index (χ0n) is 17.2. The highest BCUT2D eigenvalue weighted by atomic mass is 35.5. The smallest absolute Gasteiger partial charge is 0.226 e. The van der Waals surface area contributed by atoms with Crippen LogP contribution in [0.15, 0.2) is 29.3 Å². The van der Waals surface area contributed by atoms with Crippen LogP contribution in [-0.4, -0.2) is 40.4 Å². The Morgan fingerprint density at radius 1 is 1.21 bits per heavy atom. The molecule has 1 aliphatic heterocycles. The molecule has 6 heteroatoms. The Kier molecular flexibility index (Phi) is 9.66. The molecule has 0 radical (unpaired) electrons. The minimum atomic E-state index is 0. The molecule has 1 saturated carbocycles. The number of halogens is 1. The lowest BCUT2D eigenvalue weighted by atomic mass is 9.96. The van der Waals surface area contributed by atoms with E-state index in [1.54, 1.807) is 0 Å². The van der Waals surface area contributed by atoms with Crippen molar-refractivity contribution in [3.8, 4) is 0 Å². The monoisotopic (exact) mass is 423 g/mol. The Morgan fingerprint density at radius 2 is 1.93 bits per heavy atom. The van der Waals surface area contributed by atoms with Crippen molar-refractivity contribution in [2.24, 2.45) is 4.99 Å². The SMILES string of the molecule is CCCCN1C(=NC2CCCCC2)SCC1CC(=O)Nc1ccc(C)cc1.Cl. The molecule has 4 nitrogen and oxygen atoms in total. The molecule has 1 aromatic rings. The molecule has 0 bridgehead atoms. The van der Waals surface area contributed by atoms with E-state index in [-0.39, 0.29) is 24.4 Å². The first-order valence-electron chi connectivity index (χ1n) is 10.5. The number of aliphatic imine (C=N–C) groups is 1. The number of nitrogens with zero attached hydrogens (tertiary/aromatic N) is 2. The first kappa shape index (κ1) is 23.1. The van der Waals surface area contributed by atoms with Gasteiger partial charge < -0.3 is 10.2 Å². The molecule has 156 valence electrons. The lowest BCUT2D eigenvalue weighted by Crippen LogP contribution is -2.38. The molecule has 0 aromatic heterocycles. The largest absolute Gasteiger partial charge is 0.347 e. The molecular weight excluding hydrogens is 390 g/mol. The van der Waals surface area contributed by atoms with Gasteiger partial charge in [0.1, 0.15) is 0 Å². The third kappa shape index (κ3) is 6.70. The molecule has 3 rings (SSSR count). The number of carbonyl (C=O) groups excluding carboxylic acids is 1. The van der Waals surface area contributed by atoms with Crippen molar-refractivity contribution < 1.29 is 4.79 Å². The van der Waals surface area contributed by atoms with E-state index in [9.17, 15) is 4.79 Å². The quantitative estimate of drug-likeness (QED) is 0.616. The molecule has 1 aromatic carbocycles. The molecule has 2 aliphatic rings. The minimum Gasteiger partial charge on any atom is -0.347 e. The normalized spacial score (nSPS) is 21.6. The highest BCUT2D eigenvalue weighted by molar-refractivity contribution is 8.14. The summed E-state index contributed by atoms with van der Waals surface area (Å²) >= 11 is 1.85. The van der Waals surface area contributed by atoms with Crippen LogP contribution in [0.1, 0.15) is 63.9 Å². The Bertz CT molecular complexity index is 644. The van der Waals surface area contributed by atoms with Gasteiger partial charge in [-0.3, -0.25) is 9.79 Å². The zero-order valence-corrected chi connectivity index (χ0v) is 18.8. The fraction of sp³-hybridized carbons (Fsp3) is 0.636. The van der Waals surface area contributed by atoms with Gasteiger partial charge in [0.25, 0.3) is 0 Å². The Hall–Kier alpha value is -1.20. The summed E-state index contributed by atoms with van der Waals surface area (Å²) in [6, 6.07) is 8.76. The van der Waals surface area contributed by atoms with E-state index in [4.69, 9.17) is 4.99 Å². The van der Waals surface area contributed by atoms with Gasteiger partial charge in [-0.1, -0.05) is 62.1 Å². The van der Waals surface area contributed by atoms with Crippen LogP contribution < -0.4 is 5.32 Å². The molecule has 2 fully saturated rings. The molecule has 1 atom stereocenters. The second kappa shape index (κ2) is 11.7. The number of hydrogen-bond acceptors (Lipinski definition) is 3. The van der Waals surface area contributed by atoms with E-state index in [0.717, 1.165) is 24.4 Å². The van der Waals surface area contributed by atoms with Crippen molar-refractivity contribution in [1.29, 1.82) is 0 Å². The fourth-order valence-corrected chi connectivity index (χ4v) is 5.09. The molecule has 1 unspecified atom stereocenters. The van der Waals surface area contributed by atoms with Gasteiger partial charge in [0.2, 0.25) is 5.91 Å². The number of hydrogen-bond donors (Lipinski definition) is 1. The molecule has 1 saturated heterocycles. The standard InChI is InChI=1S/C22H33N3OS.ClH/c1-3-4-14-25-20(15-21(26)23-19-12-10-17(2)11-13-19)16-27-22(25)24-18-8-6-5-7-9-18;/h10-13,18,20H,3-9,14-16H2,1-2H3,(H,23,26);1H. The van der Waals surface area contributed by atoms with Crippen molar-refractivity contribution in [2.75, 3.05) is 17.6 Å². The molecule has 0 spiro atoms. The Morgan fingerprint density at radius 3 is 2.61 bits per heavy atom. The predicted octanol–water partition coefficient (Wildman–Crippen LogP) is 5.65. The fourth-order valence-electron chi connectivity index (χ4n) is 3.82. The number of thioether (sulfide) groups is 1. The van der Waals surface area contributed by atoms with Crippen molar-refractivity contribution in [1.82, 2.24) is 4.90 Å². The average molecular weight is 424 g/mol. The van der Waals surface area contributed by atoms with Crippen molar-refractivity contribution >= 4 is 40.9 Å². The highest BCUT2D eigenvalue weighted by Crippen LogP contribution is 2.30. The van der Waals surface area contributed by atoms with Crippen LogP contribution in [0, 0.1) is 6.92 Å². The van der Waals surface area contributed by atoms with E-state index < -0.39 is 0 Å². The highest BCUT2D eigenvalue weighted by Gasteiger charge is 2.32. The van der Waals surface area contributed by atoms with Crippen LogP contribution in [0.5, 0.6) is 0 Å². The van der Waals surface area contributed by atoms with Crippen LogP contribution in [0.3, 0.4) is 0 Å². The summed E-state index contributed by atoms with van der Waals surface area (Å²) in [5.74, 6) is 1.07. The number of anilines is 1. The van der Waals surface area contributed by atoms with Crippen LogP contribution in [0.4, 0.5) is 5.69 Å². The van der Waals surface area contributed by atoms with Crippen LogP contribution in [-0.2, 0) is 4.79 Å². The maximum atomic E-state index is 12.6. The summed E-state index contributed by atoms with van der Waals surface area (Å²) < 4.78 is 0. The second-order valence-electron chi connectivity index (χ2n) is 7.83. The van der Waals surface area contributed by atoms with Crippen LogP contribution >= 0.6 is 24.2 Å².